The number of nitrogens with zero attached hydrogens (tertiary/aromatic N) is 2. The highest BCUT2D eigenvalue weighted by atomic mass is 16.2. The molecule has 19 heavy (non-hydrogen) atoms. The maximum absolute atomic E-state index is 12.1. The molecule has 0 aliphatic heterocycles. The van der Waals surface area contributed by atoms with Gasteiger partial charge in [-0.15, -0.1) is 10.2 Å². The summed E-state index contributed by atoms with van der Waals surface area (Å²) < 4.78 is 0. The molecule has 2 atom stereocenters. The summed E-state index contributed by atoms with van der Waals surface area (Å²) in [6, 6.07) is 3.74. The smallest absolute Gasteiger partial charge is 0.272 e. The van der Waals surface area contributed by atoms with Gasteiger partial charge in [0, 0.05) is 13.1 Å². The highest BCUT2D eigenvalue weighted by Crippen LogP contribution is 2.22. The van der Waals surface area contributed by atoms with E-state index in [1.807, 2.05) is 0 Å². The van der Waals surface area contributed by atoms with Crippen molar-refractivity contribution in [3.8, 4) is 0 Å². The zero-order chi connectivity index (χ0) is 13.7. The molecule has 0 bridgehead atoms. The van der Waals surface area contributed by atoms with E-state index in [9.17, 15) is 4.79 Å². The topological polar surface area (TPSA) is 66.9 Å². The highest BCUT2D eigenvalue weighted by Gasteiger charge is 2.19. The van der Waals surface area contributed by atoms with E-state index >= 15 is 0 Å². The monoisotopic (exact) mass is 262 g/mol. The molecule has 5 nitrogen and oxygen atoms in total. The van der Waals surface area contributed by atoms with Gasteiger partial charge in [-0.2, -0.15) is 0 Å². The van der Waals surface area contributed by atoms with Crippen molar-refractivity contribution >= 4 is 11.7 Å². The molecule has 1 fully saturated rings. The first-order valence-corrected chi connectivity index (χ1v) is 7.01. The fraction of sp³-hybridized carbons (Fsp3) is 0.643. The lowest BCUT2D eigenvalue weighted by Gasteiger charge is -2.15. The molecule has 2 rings (SSSR count). The third-order valence-electron chi connectivity index (χ3n) is 3.75. The largest absolute Gasteiger partial charge is 0.372 e. The molecule has 1 saturated carbocycles. The first-order valence-electron chi connectivity index (χ1n) is 7.01. The van der Waals surface area contributed by atoms with Crippen LogP contribution in [0.2, 0.25) is 0 Å². The van der Waals surface area contributed by atoms with Crippen LogP contribution < -0.4 is 10.6 Å². The summed E-state index contributed by atoms with van der Waals surface area (Å²) in [5.41, 5.74) is 0.385. The van der Waals surface area contributed by atoms with E-state index in [2.05, 4.69) is 27.8 Å². The lowest BCUT2D eigenvalue weighted by molar-refractivity contribution is 0.0927. The van der Waals surface area contributed by atoms with Gasteiger partial charge in [-0.05, 0) is 37.3 Å². The molecule has 1 aliphatic rings. The number of amides is 1. The number of aromatic nitrogens is 2. The number of hydrogen-bond acceptors (Lipinski definition) is 4. The minimum Gasteiger partial charge on any atom is -0.372 e. The van der Waals surface area contributed by atoms with E-state index in [1.54, 1.807) is 19.2 Å². The van der Waals surface area contributed by atoms with Crippen LogP contribution in [0.1, 0.15) is 49.5 Å². The van der Waals surface area contributed by atoms with Gasteiger partial charge in [-0.3, -0.25) is 4.79 Å². The molecule has 0 spiro atoms. The van der Waals surface area contributed by atoms with E-state index in [0.717, 1.165) is 18.8 Å². The third-order valence-corrected chi connectivity index (χ3v) is 3.75. The van der Waals surface area contributed by atoms with E-state index in [1.165, 1.54) is 19.3 Å². The first kappa shape index (κ1) is 13.8. The van der Waals surface area contributed by atoms with Gasteiger partial charge in [0.05, 0.1) is 0 Å². The Balaban J connectivity index is 1.92. The van der Waals surface area contributed by atoms with Crippen LogP contribution in [-0.4, -0.2) is 29.2 Å². The fourth-order valence-corrected chi connectivity index (χ4v) is 2.48. The van der Waals surface area contributed by atoms with Crippen LogP contribution in [-0.2, 0) is 0 Å². The van der Waals surface area contributed by atoms with Crippen molar-refractivity contribution in [3.63, 3.8) is 0 Å². The van der Waals surface area contributed by atoms with E-state index in [0.29, 0.717) is 11.5 Å². The second-order valence-electron chi connectivity index (χ2n) is 5.34. The number of nitrogens with one attached hydrogen (secondary N) is 2. The summed E-state index contributed by atoms with van der Waals surface area (Å²) in [6.07, 6.45) is 5.78. The quantitative estimate of drug-likeness (QED) is 0.820. The normalized spacial score (nSPS) is 23.5. The second-order valence-corrected chi connectivity index (χ2v) is 5.34. The Bertz CT molecular complexity index is 418. The van der Waals surface area contributed by atoms with E-state index < -0.39 is 0 Å². The highest BCUT2D eigenvalue weighted by molar-refractivity contribution is 5.92. The van der Waals surface area contributed by atoms with Gasteiger partial charge in [-0.1, -0.05) is 19.8 Å². The Morgan fingerprint density at radius 1 is 1.21 bits per heavy atom. The van der Waals surface area contributed by atoms with Crippen LogP contribution in [0.4, 0.5) is 5.82 Å². The summed E-state index contributed by atoms with van der Waals surface area (Å²) in [4.78, 5) is 12.1. The Kier molecular flexibility index (Phi) is 4.71. The summed E-state index contributed by atoms with van der Waals surface area (Å²) in [5, 5.41) is 13.8. The number of carbonyl (C=O) groups excluding carboxylic acids is 1. The number of carbonyl (C=O) groups is 1. The van der Waals surface area contributed by atoms with Crippen LogP contribution in [0, 0.1) is 5.92 Å². The molecule has 0 aromatic carbocycles. The van der Waals surface area contributed by atoms with Crippen LogP contribution in [0.15, 0.2) is 12.1 Å². The molecule has 1 amide bonds. The van der Waals surface area contributed by atoms with Gasteiger partial charge in [-0.25, -0.2) is 0 Å². The molecular weight excluding hydrogens is 240 g/mol. The van der Waals surface area contributed by atoms with Gasteiger partial charge < -0.3 is 10.6 Å². The molecule has 104 valence electrons. The molecule has 0 radical (unpaired) electrons. The molecule has 2 unspecified atom stereocenters. The van der Waals surface area contributed by atoms with Crippen molar-refractivity contribution in [2.45, 2.75) is 45.1 Å². The summed E-state index contributed by atoms with van der Waals surface area (Å²) in [7, 11) is 1.77. The van der Waals surface area contributed by atoms with E-state index in [4.69, 9.17) is 0 Å². The molecule has 1 aliphatic carbocycles. The molecular formula is C14H22N4O. The number of rotatable bonds is 3. The van der Waals surface area contributed by atoms with Gasteiger partial charge in [0.1, 0.15) is 5.82 Å². The standard InChI is InChI=1S/C14H22N4O/c1-10-4-3-5-11(7-6-10)16-14(19)12-8-9-13(15-2)18-17-12/h8-11H,3-7H2,1-2H3,(H,15,18)(H,16,19). The minimum atomic E-state index is -0.116. The predicted molar refractivity (Wildman–Crippen MR) is 75.1 cm³/mol. The van der Waals surface area contributed by atoms with Crippen molar-refractivity contribution in [2.75, 3.05) is 12.4 Å². The van der Waals surface area contributed by atoms with Crippen molar-refractivity contribution < 1.29 is 4.79 Å². The van der Waals surface area contributed by atoms with Gasteiger partial charge in [0.15, 0.2) is 5.69 Å². The molecule has 2 N–H and O–H groups in total. The summed E-state index contributed by atoms with van der Waals surface area (Å²) in [6.45, 7) is 2.28. The summed E-state index contributed by atoms with van der Waals surface area (Å²) in [5.74, 6) is 1.33. The summed E-state index contributed by atoms with van der Waals surface area (Å²) >= 11 is 0. The SMILES string of the molecule is CNc1ccc(C(=O)NC2CCCC(C)CC2)nn1. The lowest BCUT2D eigenvalue weighted by atomic mass is 10.0. The maximum Gasteiger partial charge on any atom is 0.272 e. The molecule has 1 heterocycles. The average molecular weight is 262 g/mol. The van der Waals surface area contributed by atoms with Crippen molar-refractivity contribution in [3.05, 3.63) is 17.8 Å². The van der Waals surface area contributed by atoms with Crippen molar-refractivity contribution in [2.24, 2.45) is 5.92 Å². The Labute approximate surface area is 114 Å². The third kappa shape index (κ3) is 3.91. The number of hydrogen-bond donors (Lipinski definition) is 2. The van der Waals surface area contributed by atoms with Crippen LogP contribution >= 0.6 is 0 Å². The van der Waals surface area contributed by atoms with Crippen LogP contribution in [0.25, 0.3) is 0 Å². The molecule has 0 saturated heterocycles. The van der Waals surface area contributed by atoms with Crippen LogP contribution in [0.5, 0.6) is 0 Å². The second kappa shape index (κ2) is 6.50. The Hall–Kier alpha value is -1.65. The van der Waals surface area contributed by atoms with Gasteiger partial charge in [0.2, 0.25) is 0 Å². The zero-order valence-corrected chi connectivity index (χ0v) is 11.6. The zero-order valence-electron chi connectivity index (χ0n) is 11.6. The minimum absolute atomic E-state index is 0.116. The van der Waals surface area contributed by atoms with Gasteiger partial charge in [0.25, 0.3) is 5.91 Å². The molecule has 5 heteroatoms. The predicted octanol–water partition coefficient (Wildman–Crippen LogP) is 2.22. The maximum atomic E-state index is 12.1. The Morgan fingerprint density at radius 2 is 2.05 bits per heavy atom. The molecule has 1 aromatic heterocycles. The van der Waals surface area contributed by atoms with E-state index in [-0.39, 0.29) is 11.9 Å². The Morgan fingerprint density at radius 3 is 2.74 bits per heavy atom. The number of anilines is 1. The average Bonchev–Trinajstić information content (AvgIpc) is 2.64. The molecule has 1 aromatic rings. The van der Waals surface area contributed by atoms with Crippen LogP contribution in [0.3, 0.4) is 0 Å². The van der Waals surface area contributed by atoms with Crippen molar-refractivity contribution in [1.82, 2.24) is 15.5 Å². The lowest BCUT2D eigenvalue weighted by Crippen LogP contribution is -2.35. The van der Waals surface area contributed by atoms with Gasteiger partial charge >= 0.3 is 0 Å². The first-order chi connectivity index (χ1) is 9.19. The van der Waals surface area contributed by atoms with Crippen molar-refractivity contribution in [1.29, 1.82) is 0 Å². The fourth-order valence-electron chi connectivity index (χ4n) is 2.48.